The van der Waals surface area contributed by atoms with E-state index in [4.69, 9.17) is 56.6 Å². The van der Waals surface area contributed by atoms with Crippen molar-refractivity contribution >= 4 is 68.3 Å². The molecule has 0 aromatic heterocycles. The summed E-state index contributed by atoms with van der Waals surface area (Å²) in [6.45, 7) is 9.21. The van der Waals surface area contributed by atoms with E-state index in [1.165, 1.54) is 0 Å². The molecule has 0 aromatic carbocycles. The molecule has 0 saturated carbocycles. The normalized spacial score (nSPS) is 19.1. The second-order valence-corrected chi connectivity index (χ2v) is 19.4. The number of alkyl halides is 1. The van der Waals surface area contributed by atoms with Gasteiger partial charge in [-0.05, 0) is 0 Å². The average molecular weight is 367 g/mol. The van der Waals surface area contributed by atoms with Gasteiger partial charge in [-0.2, -0.15) is 0 Å². The predicted octanol–water partition coefficient (Wildman–Crippen LogP) is 7.28. The maximum absolute atomic E-state index is 6.30. The fourth-order valence-electron chi connectivity index (χ4n) is 0.696. The standard InChI is InChI=1S/C8H18Cl5NP2/c1-6-8(4,9)16(12,13)14-7(2,3)15(5,10)11/h15H,6H2,1-5H3. The fraction of sp³-hybridized carbons (Fsp3) is 1.00. The maximum atomic E-state index is 6.30. The first kappa shape index (κ1) is 18.1. The van der Waals surface area contributed by atoms with Crippen molar-refractivity contribution in [2.45, 2.75) is 44.0 Å². The van der Waals surface area contributed by atoms with Gasteiger partial charge in [0.15, 0.2) is 0 Å². The van der Waals surface area contributed by atoms with E-state index in [1.54, 1.807) is 13.6 Å². The van der Waals surface area contributed by atoms with Crippen LogP contribution in [-0.2, 0) is 0 Å². The van der Waals surface area contributed by atoms with E-state index >= 15 is 0 Å². The van der Waals surface area contributed by atoms with Gasteiger partial charge in [0.1, 0.15) is 0 Å². The Bertz CT molecular complexity index is 302. The van der Waals surface area contributed by atoms with E-state index in [9.17, 15) is 0 Å². The van der Waals surface area contributed by atoms with Gasteiger partial charge in [-0.25, -0.2) is 0 Å². The summed E-state index contributed by atoms with van der Waals surface area (Å²) >= 11 is 31.3. The zero-order valence-electron chi connectivity index (χ0n) is 9.99. The quantitative estimate of drug-likeness (QED) is 0.365. The summed E-state index contributed by atoms with van der Waals surface area (Å²) in [5, 5.41) is -0.626. The van der Waals surface area contributed by atoms with Crippen molar-refractivity contribution in [3.8, 4) is 0 Å². The molecule has 0 aliphatic carbocycles. The summed E-state index contributed by atoms with van der Waals surface area (Å²) < 4.78 is 3.73. The van der Waals surface area contributed by atoms with Gasteiger partial charge >= 0.3 is 124 Å². The van der Waals surface area contributed by atoms with Gasteiger partial charge in [0, 0.05) is 0 Å². The summed E-state index contributed by atoms with van der Waals surface area (Å²) in [6.07, 6.45) is 0.637. The number of hydrogen-bond acceptors (Lipinski definition) is 1. The Morgan fingerprint density at radius 3 is 1.81 bits per heavy atom. The van der Waals surface area contributed by atoms with Gasteiger partial charge in [0.25, 0.3) is 0 Å². The molecule has 0 fully saturated rings. The summed E-state index contributed by atoms with van der Waals surface area (Å²) in [5.41, 5.74) is 0. The number of nitrogens with zero attached hydrogens (tertiary/aromatic N) is 1. The molecule has 0 aliphatic heterocycles. The summed E-state index contributed by atoms with van der Waals surface area (Å²) in [4.78, 5) is 0. The minimum atomic E-state index is -2.66. The third-order valence-corrected chi connectivity index (χ3v) is 14.3. The van der Waals surface area contributed by atoms with Crippen LogP contribution in [0.15, 0.2) is 4.74 Å². The molecule has 0 aromatic rings. The molecule has 0 spiro atoms. The third-order valence-electron chi connectivity index (χ3n) is 2.66. The van der Waals surface area contributed by atoms with Gasteiger partial charge in [-0.3, -0.25) is 0 Å². The van der Waals surface area contributed by atoms with Crippen molar-refractivity contribution in [2.24, 2.45) is 4.74 Å². The summed E-state index contributed by atoms with van der Waals surface area (Å²) in [5.74, 6) is -5.17. The molecular weight excluding hydrogens is 349 g/mol. The first-order valence-electron chi connectivity index (χ1n) is 4.86. The topological polar surface area (TPSA) is 12.4 Å². The van der Waals surface area contributed by atoms with Crippen molar-refractivity contribution in [3.05, 3.63) is 0 Å². The van der Waals surface area contributed by atoms with Crippen molar-refractivity contribution in [3.63, 3.8) is 0 Å². The molecule has 8 heteroatoms. The van der Waals surface area contributed by atoms with Gasteiger partial charge in [-0.15, -0.1) is 0 Å². The van der Waals surface area contributed by atoms with Crippen molar-refractivity contribution in [2.75, 3.05) is 6.66 Å². The predicted molar refractivity (Wildman–Crippen MR) is 85.6 cm³/mol. The molecule has 1 unspecified atom stereocenters. The second-order valence-electron chi connectivity index (χ2n) is 4.53. The van der Waals surface area contributed by atoms with Crippen molar-refractivity contribution in [1.29, 1.82) is 0 Å². The SMILES string of the molecule is CCC(C)(Cl)P(Cl)(Cl)=NC(C)(C)[PH](C)(Cl)Cl. The monoisotopic (exact) mass is 365 g/mol. The number of halogens is 5. The van der Waals surface area contributed by atoms with Crippen LogP contribution in [0.5, 0.6) is 0 Å². The second kappa shape index (κ2) is 5.62. The molecule has 0 amide bonds. The van der Waals surface area contributed by atoms with E-state index in [-0.39, 0.29) is 0 Å². The van der Waals surface area contributed by atoms with Crippen LogP contribution < -0.4 is 0 Å². The van der Waals surface area contributed by atoms with Gasteiger partial charge < -0.3 is 0 Å². The Balaban J connectivity index is 5.49. The Labute approximate surface area is 123 Å². The minimum absolute atomic E-state index is 0.626. The molecule has 1 atom stereocenters. The van der Waals surface area contributed by atoms with E-state index in [1.807, 2.05) is 20.8 Å². The molecule has 0 radical (unpaired) electrons. The van der Waals surface area contributed by atoms with E-state index in [2.05, 4.69) is 4.74 Å². The summed E-state index contributed by atoms with van der Waals surface area (Å²) in [6, 6.07) is 0. The van der Waals surface area contributed by atoms with Crippen LogP contribution in [0.4, 0.5) is 0 Å². The molecular formula is C8H18Cl5NP2. The Kier molecular flexibility index (Phi) is 6.36. The molecule has 0 bridgehead atoms. The Morgan fingerprint density at radius 2 is 1.56 bits per heavy atom. The Hall–Kier alpha value is 2.11. The van der Waals surface area contributed by atoms with E-state index in [0.717, 1.165) is 0 Å². The van der Waals surface area contributed by atoms with Crippen molar-refractivity contribution < 1.29 is 0 Å². The molecule has 0 aliphatic rings. The average Bonchev–Trinajstić information content (AvgIpc) is 1.99. The van der Waals surface area contributed by atoms with Crippen LogP contribution >= 0.6 is 68.3 Å². The van der Waals surface area contributed by atoms with Crippen LogP contribution in [0, 0.1) is 0 Å². The van der Waals surface area contributed by atoms with Gasteiger partial charge in [0.2, 0.25) is 0 Å². The number of rotatable bonds is 4. The molecule has 0 saturated heterocycles. The molecule has 0 rings (SSSR count). The van der Waals surface area contributed by atoms with Crippen LogP contribution in [0.25, 0.3) is 0 Å². The van der Waals surface area contributed by atoms with Crippen molar-refractivity contribution in [1.82, 2.24) is 0 Å². The first-order valence-corrected chi connectivity index (χ1v) is 13.3. The molecule has 0 heterocycles. The number of hydrogen-bond donors (Lipinski definition) is 0. The van der Waals surface area contributed by atoms with Crippen LogP contribution in [0.3, 0.4) is 0 Å². The van der Waals surface area contributed by atoms with E-state index in [0.29, 0.717) is 6.42 Å². The van der Waals surface area contributed by atoms with Crippen LogP contribution in [-0.4, -0.2) is 16.6 Å². The van der Waals surface area contributed by atoms with Crippen LogP contribution in [0.1, 0.15) is 34.1 Å². The van der Waals surface area contributed by atoms with Gasteiger partial charge in [-0.1, -0.05) is 0 Å². The first-order chi connectivity index (χ1) is 6.77. The zero-order valence-corrected chi connectivity index (χ0v) is 15.7. The van der Waals surface area contributed by atoms with Gasteiger partial charge in [0.05, 0.1) is 0 Å². The van der Waals surface area contributed by atoms with Crippen LogP contribution in [0.2, 0.25) is 0 Å². The zero-order chi connectivity index (χ0) is 13.4. The molecule has 16 heavy (non-hydrogen) atoms. The fourth-order valence-corrected chi connectivity index (χ4v) is 6.09. The Morgan fingerprint density at radius 1 is 1.19 bits per heavy atom. The summed E-state index contributed by atoms with van der Waals surface area (Å²) in [7, 11) is 0. The molecule has 1 nitrogen and oxygen atoms in total. The van der Waals surface area contributed by atoms with E-state index < -0.39 is 21.6 Å². The third kappa shape index (κ3) is 4.34. The molecule has 100 valence electrons. The molecule has 0 N–H and O–H groups in total.